The number of benzene rings is 1. The molecule has 0 bridgehead atoms. The van der Waals surface area contributed by atoms with E-state index in [-0.39, 0.29) is 0 Å². The van der Waals surface area contributed by atoms with E-state index >= 15 is 0 Å². The summed E-state index contributed by atoms with van der Waals surface area (Å²) in [5.41, 5.74) is 0. The molecule has 1 aromatic rings. The molecule has 1 aromatic carbocycles. The number of alkyl halides is 1. The monoisotopic (exact) mass is 302 g/mol. The molecule has 0 aliphatic carbocycles. The van der Waals surface area contributed by atoms with Crippen molar-refractivity contribution in [2.75, 3.05) is 18.2 Å². The lowest BCUT2D eigenvalue weighted by Crippen LogP contribution is -2.13. The van der Waals surface area contributed by atoms with E-state index in [1.807, 2.05) is 18.2 Å². The second-order valence-corrected chi connectivity index (χ2v) is 5.27. The third-order valence-corrected chi connectivity index (χ3v) is 4.15. The molecule has 0 aliphatic heterocycles. The lowest BCUT2D eigenvalue weighted by molar-refractivity contribution is 0.250. The van der Waals surface area contributed by atoms with Crippen LogP contribution in [0.2, 0.25) is 0 Å². The van der Waals surface area contributed by atoms with E-state index in [2.05, 4.69) is 35.2 Å². The molecule has 0 radical (unpaired) electrons. The van der Waals surface area contributed by atoms with Crippen LogP contribution < -0.4 is 4.74 Å². The normalized spacial score (nSPS) is 12.4. The minimum atomic E-state index is 0.611. The molecule has 90 valence electrons. The molecule has 0 saturated carbocycles. The van der Waals surface area contributed by atoms with E-state index in [0.29, 0.717) is 5.92 Å². The van der Waals surface area contributed by atoms with Crippen LogP contribution in [0.25, 0.3) is 0 Å². The SMILES string of the molecule is CCCC(CBr)COc1ccccc1SC. The van der Waals surface area contributed by atoms with E-state index in [0.717, 1.165) is 17.7 Å². The number of hydrogen-bond acceptors (Lipinski definition) is 2. The van der Waals surface area contributed by atoms with Crippen LogP contribution in [0.15, 0.2) is 29.2 Å². The Morgan fingerprint density at radius 2 is 2.12 bits per heavy atom. The van der Waals surface area contributed by atoms with E-state index in [1.54, 1.807) is 11.8 Å². The van der Waals surface area contributed by atoms with Crippen LogP contribution in [-0.2, 0) is 0 Å². The van der Waals surface area contributed by atoms with Gasteiger partial charge in [0.05, 0.1) is 6.61 Å². The summed E-state index contributed by atoms with van der Waals surface area (Å²) in [5, 5.41) is 1.02. The first-order valence-electron chi connectivity index (χ1n) is 5.63. The first kappa shape index (κ1) is 13.9. The summed E-state index contributed by atoms with van der Waals surface area (Å²) in [6.07, 6.45) is 4.51. The lowest BCUT2D eigenvalue weighted by atomic mass is 10.1. The third kappa shape index (κ3) is 4.38. The van der Waals surface area contributed by atoms with Gasteiger partial charge < -0.3 is 4.74 Å². The minimum Gasteiger partial charge on any atom is -0.492 e. The van der Waals surface area contributed by atoms with Crippen molar-refractivity contribution in [1.29, 1.82) is 0 Å². The maximum Gasteiger partial charge on any atom is 0.132 e. The first-order valence-corrected chi connectivity index (χ1v) is 7.98. The third-order valence-electron chi connectivity index (χ3n) is 2.46. The van der Waals surface area contributed by atoms with Crippen molar-refractivity contribution >= 4 is 27.7 Å². The Balaban J connectivity index is 2.52. The zero-order valence-corrected chi connectivity index (χ0v) is 12.3. The standard InChI is InChI=1S/C13H19BrOS/c1-3-6-11(9-14)10-15-12-7-4-5-8-13(12)16-2/h4-5,7-8,11H,3,6,9-10H2,1-2H3. The number of halogens is 1. The molecule has 1 nitrogen and oxygen atoms in total. The summed E-state index contributed by atoms with van der Waals surface area (Å²) in [7, 11) is 0. The Bertz CT molecular complexity index is 304. The van der Waals surface area contributed by atoms with E-state index in [1.165, 1.54) is 17.7 Å². The number of para-hydroxylation sites is 1. The van der Waals surface area contributed by atoms with Crippen molar-refractivity contribution in [2.24, 2.45) is 5.92 Å². The zero-order chi connectivity index (χ0) is 11.8. The number of rotatable bonds is 7. The maximum atomic E-state index is 5.88. The predicted molar refractivity (Wildman–Crippen MR) is 75.9 cm³/mol. The van der Waals surface area contributed by atoms with Gasteiger partial charge in [-0.05, 0) is 24.8 Å². The van der Waals surface area contributed by atoms with Gasteiger partial charge in [-0.2, -0.15) is 0 Å². The Labute approximate surface area is 111 Å². The lowest BCUT2D eigenvalue weighted by Gasteiger charge is -2.15. The average molecular weight is 303 g/mol. The molecule has 0 heterocycles. The highest BCUT2D eigenvalue weighted by Crippen LogP contribution is 2.27. The van der Waals surface area contributed by atoms with Gasteiger partial charge in [0.25, 0.3) is 0 Å². The van der Waals surface area contributed by atoms with Crippen LogP contribution in [0.5, 0.6) is 5.75 Å². The number of hydrogen-bond donors (Lipinski definition) is 0. The van der Waals surface area contributed by atoms with Crippen molar-refractivity contribution < 1.29 is 4.74 Å². The zero-order valence-electron chi connectivity index (χ0n) is 9.91. The molecule has 3 heteroatoms. The van der Waals surface area contributed by atoms with Gasteiger partial charge in [0, 0.05) is 16.1 Å². The van der Waals surface area contributed by atoms with Gasteiger partial charge in [0.1, 0.15) is 5.75 Å². The molecular formula is C13H19BrOS. The van der Waals surface area contributed by atoms with Crippen LogP contribution in [0, 0.1) is 5.92 Å². The fourth-order valence-electron chi connectivity index (χ4n) is 1.56. The Morgan fingerprint density at radius 3 is 2.75 bits per heavy atom. The maximum absolute atomic E-state index is 5.88. The molecule has 0 fully saturated rings. The molecule has 1 rings (SSSR count). The summed E-state index contributed by atoms with van der Waals surface area (Å²) in [6.45, 7) is 3.02. The molecule has 0 aromatic heterocycles. The van der Waals surface area contributed by atoms with E-state index < -0.39 is 0 Å². The van der Waals surface area contributed by atoms with E-state index in [9.17, 15) is 0 Å². The summed E-state index contributed by atoms with van der Waals surface area (Å²) < 4.78 is 5.88. The molecule has 1 atom stereocenters. The number of thioether (sulfide) groups is 1. The quantitative estimate of drug-likeness (QED) is 0.538. The van der Waals surface area contributed by atoms with Gasteiger partial charge in [-0.1, -0.05) is 41.4 Å². The molecule has 0 aliphatic rings. The van der Waals surface area contributed by atoms with Gasteiger partial charge >= 0.3 is 0 Å². The molecular weight excluding hydrogens is 284 g/mol. The fourth-order valence-corrected chi connectivity index (χ4v) is 2.61. The summed E-state index contributed by atoms with van der Waals surface area (Å²) in [5.74, 6) is 1.62. The fraction of sp³-hybridized carbons (Fsp3) is 0.538. The Hall–Kier alpha value is -0.150. The van der Waals surface area contributed by atoms with Crippen molar-refractivity contribution in [1.82, 2.24) is 0 Å². The Morgan fingerprint density at radius 1 is 1.38 bits per heavy atom. The summed E-state index contributed by atoms with van der Waals surface area (Å²) >= 11 is 5.27. The highest BCUT2D eigenvalue weighted by Gasteiger charge is 2.08. The van der Waals surface area contributed by atoms with Crippen molar-refractivity contribution in [3.63, 3.8) is 0 Å². The second-order valence-electron chi connectivity index (χ2n) is 3.77. The summed E-state index contributed by atoms with van der Waals surface area (Å²) in [6, 6.07) is 8.22. The van der Waals surface area contributed by atoms with Gasteiger partial charge in [0.15, 0.2) is 0 Å². The van der Waals surface area contributed by atoms with Crippen molar-refractivity contribution in [3.05, 3.63) is 24.3 Å². The molecule has 16 heavy (non-hydrogen) atoms. The van der Waals surface area contributed by atoms with Gasteiger partial charge in [-0.25, -0.2) is 0 Å². The van der Waals surface area contributed by atoms with E-state index in [4.69, 9.17) is 4.74 Å². The molecule has 0 N–H and O–H groups in total. The Kier molecular flexibility index (Phi) is 6.97. The summed E-state index contributed by atoms with van der Waals surface area (Å²) in [4.78, 5) is 1.22. The minimum absolute atomic E-state index is 0.611. The van der Waals surface area contributed by atoms with Gasteiger partial charge in [-0.3, -0.25) is 0 Å². The predicted octanol–water partition coefficient (Wildman–Crippen LogP) is 4.60. The molecule has 1 unspecified atom stereocenters. The first-order chi connectivity index (χ1) is 7.81. The molecule has 0 amide bonds. The molecule has 0 saturated heterocycles. The average Bonchev–Trinajstić information content (AvgIpc) is 2.34. The van der Waals surface area contributed by atoms with Crippen molar-refractivity contribution in [3.8, 4) is 5.75 Å². The van der Waals surface area contributed by atoms with Gasteiger partial charge in [-0.15, -0.1) is 11.8 Å². The number of ether oxygens (including phenoxy) is 1. The van der Waals surface area contributed by atoms with Crippen LogP contribution >= 0.6 is 27.7 Å². The topological polar surface area (TPSA) is 9.23 Å². The van der Waals surface area contributed by atoms with Crippen LogP contribution in [-0.4, -0.2) is 18.2 Å². The highest BCUT2D eigenvalue weighted by molar-refractivity contribution is 9.09. The highest BCUT2D eigenvalue weighted by atomic mass is 79.9. The smallest absolute Gasteiger partial charge is 0.132 e. The van der Waals surface area contributed by atoms with Crippen LogP contribution in [0.4, 0.5) is 0 Å². The second kappa shape index (κ2) is 8.02. The van der Waals surface area contributed by atoms with Crippen LogP contribution in [0.1, 0.15) is 19.8 Å². The van der Waals surface area contributed by atoms with Crippen molar-refractivity contribution in [2.45, 2.75) is 24.7 Å². The largest absolute Gasteiger partial charge is 0.492 e. The van der Waals surface area contributed by atoms with Crippen LogP contribution in [0.3, 0.4) is 0 Å². The van der Waals surface area contributed by atoms with Gasteiger partial charge in [0.2, 0.25) is 0 Å². The molecule has 0 spiro atoms.